The summed E-state index contributed by atoms with van der Waals surface area (Å²) in [6.07, 6.45) is -0.841. The van der Waals surface area contributed by atoms with Gasteiger partial charge in [-0.1, -0.05) is 22.6 Å². The second kappa shape index (κ2) is 3.63. The molecule has 0 saturated heterocycles. The quantitative estimate of drug-likeness (QED) is 0.537. The van der Waals surface area contributed by atoms with Gasteiger partial charge in [-0.05, 0) is 13.8 Å². The number of halogens is 1. The van der Waals surface area contributed by atoms with Crippen molar-refractivity contribution in [2.45, 2.75) is 30.0 Å². The van der Waals surface area contributed by atoms with Crippen LogP contribution in [0.4, 0.5) is 0 Å². The SMILES string of the molecule is CC(O)C(I)[C@H](C)O. The van der Waals surface area contributed by atoms with Gasteiger partial charge >= 0.3 is 0 Å². The summed E-state index contributed by atoms with van der Waals surface area (Å²) in [5.74, 6) is 0. The molecule has 0 rings (SSSR count). The number of hydrogen-bond donors (Lipinski definition) is 2. The minimum absolute atomic E-state index is 0.0485. The number of aliphatic hydroxyl groups excluding tert-OH is 2. The Morgan fingerprint density at radius 3 is 1.38 bits per heavy atom. The standard InChI is InChI=1S/C5H11IO2/c1-3(7)5(6)4(2)8/h3-5,7-8H,1-2H3/t3-,4?,5?/m0/s1. The van der Waals surface area contributed by atoms with E-state index in [1.54, 1.807) is 13.8 Å². The Morgan fingerprint density at radius 1 is 1.12 bits per heavy atom. The van der Waals surface area contributed by atoms with E-state index in [4.69, 9.17) is 10.2 Å². The maximum absolute atomic E-state index is 8.82. The molecular weight excluding hydrogens is 219 g/mol. The molecule has 0 aliphatic heterocycles. The van der Waals surface area contributed by atoms with Crippen molar-refractivity contribution in [3.8, 4) is 0 Å². The molecule has 0 aliphatic carbocycles. The first-order valence-corrected chi connectivity index (χ1v) is 3.80. The third-order valence-electron chi connectivity index (χ3n) is 0.922. The third kappa shape index (κ3) is 2.84. The van der Waals surface area contributed by atoms with Crippen molar-refractivity contribution in [1.29, 1.82) is 0 Å². The molecule has 2 unspecified atom stereocenters. The molecular formula is C5H11IO2. The summed E-state index contributed by atoms with van der Waals surface area (Å²) in [6, 6.07) is 0. The molecule has 0 heterocycles. The first-order valence-electron chi connectivity index (χ1n) is 2.56. The van der Waals surface area contributed by atoms with Gasteiger partial charge in [-0.15, -0.1) is 0 Å². The maximum atomic E-state index is 8.82. The summed E-state index contributed by atoms with van der Waals surface area (Å²) in [7, 11) is 0. The molecule has 50 valence electrons. The molecule has 0 aromatic carbocycles. The summed E-state index contributed by atoms with van der Waals surface area (Å²) < 4.78 is -0.0485. The molecule has 0 aromatic rings. The summed E-state index contributed by atoms with van der Waals surface area (Å²) in [5.41, 5.74) is 0. The Labute approximate surface area is 63.0 Å². The van der Waals surface area contributed by atoms with E-state index in [9.17, 15) is 0 Å². The largest absolute Gasteiger partial charge is 0.392 e. The number of aliphatic hydroxyl groups is 2. The molecule has 0 fully saturated rings. The van der Waals surface area contributed by atoms with Crippen molar-refractivity contribution >= 4 is 22.6 Å². The molecule has 2 nitrogen and oxygen atoms in total. The van der Waals surface area contributed by atoms with Gasteiger partial charge < -0.3 is 10.2 Å². The van der Waals surface area contributed by atoms with Crippen LogP contribution >= 0.6 is 22.6 Å². The van der Waals surface area contributed by atoms with Crippen LogP contribution in [0.25, 0.3) is 0 Å². The predicted molar refractivity (Wildman–Crippen MR) is 41.2 cm³/mol. The molecule has 0 aromatic heterocycles. The second-order valence-corrected chi connectivity index (χ2v) is 3.36. The summed E-state index contributed by atoms with van der Waals surface area (Å²) in [6.45, 7) is 3.34. The van der Waals surface area contributed by atoms with Crippen LogP contribution < -0.4 is 0 Å². The van der Waals surface area contributed by atoms with Crippen LogP contribution in [0.1, 0.15) is 13.8 Å². The van der Waals surface area contributed by atoms with Gasteiger partial charge in [-0.2, -0.15) is 0 Å². The number of rotatable bonds is 2. The van der Waals surface area contributed by atoms with Crippen LogP contribution in [-0.2, 0) is 0 Å². The van der Waals surface area contributed by atoms with Crippen LogP contribution in [0.3, 0.4) is 0 Å². The molecule has 0 spiro atoms. The highest BCUT2D eigenvalue weighted by molar-refractivity contribution is 14.1. The van der Waals surface area contributed by atoms with E-state index in [-0.39, 0.29) is 3.92 Å². The van der Waals surface area contributed by atoms with Gasteiger partial charge in [0.05, 0.1) is 16.1 Å². The highest BCUT2D eigenvalue weighted by atomic mass is 127. The van der Waals surface area contributed by atoms with E-state index in [1.807, 2.05) is 22.6 Å². The molecule has 0 amide bonds. The van der Waals surface area contributed by atoms with E-state index in [0.29, 0.717) is 0 Å². The van der Waals surface area contributed by atoms with Crippen molar-refractivity contribution in [3.05, 3.63) is 0 Å². The molecule has 0 bridgehead atoms. The topological polar surface area (TPSA) is 40.5 Å². The lowest BCUT2D eigenvalue weighted by Gasteiger charge is -2.14. The highest BCUT2D eigenvalue weighted by Gasteiger charge is 2.15. The fraction of sp³-hybridized carbons (Fsp3) is 1.00. The van der Waals surface area contributed by atoms with Gasteiger partial charge in [0.1, 0.15) is 0 Å². The first kappa shape index (κ1) is 8.65. The lowest BCUT2D eigenvalue weighted by atomic mass is 10.2. The van der Waals surface area contributed by atoms with Crippen LogP contribution in [0.2, 0.25) is 0 Å². The van der Waals surface area contributed by atoms with E-state index < -0.39 is 12.2 Å². The molecule has 3 atom stereocenters. The number of hydrogen-bond acceptors (Lipinski definition) is 2. The normalized spacial score (nSPS) is 22.1. The minimum atomic E-state index is -0.421. The molecule has 0 saturated carbocycles. The second-order valence-electron chi connectivity index (χ2n) is 1.93. The Bertz CT molecular complexity index is 55.4. The van der Waals surface area contributed by atoms with Gasteiger partial charge in [0.15, 0.2) is 0 Å². The fourth-order valence-electron chi connectivity index (χ4n) is 0.403. The monoisotopic (exact) mass is 230 g/mol. The van der Waals surface area contributed by atoms with E-state index >= 15 is 0 Å². The van der Waals surface area contributed by atoms with E-state index in [0.717, 1.165) is 0 Å². The van der Waals surface area contributed by atoms with Gasteiger partial charge in [-0.25, -0.2) is 0 Å². The first-order chi connectivity index (χ1) is 3.55. The molecule has 2 N–H and O–H groups in total. The van der Waals surface area contributed by atoms with Gasteiger partial charge in [0, 0.05) is 0 Å². The Kier molecular flexibility index (Phi) is 3.93. The van der Waals surface area contributed by atoms with Crippen molar-refractivity contribution in [3.63, 3.8) is 0 Å². The zero-order chi connectivity index (χ0) is 6.73. The summed E-state index contributed by atoms with van der Waals surface area (Å²) in [4.78, 5) is 0. The summed E-state index contributed by atoms with van der Waals surface area (Å²) in [5, 5.41) is 17.6. The summed E-state index contributed by atoms with van der Waals surface area (Å²) >= 11 is 2.02. The minimum Gasteiger partial charge on any atom is -0.392 e. The highest BCUT2D eigenvalue weighted by Crippen LogP contribution is 2.10. The zero-order valence-electron chi connectivity index (χ0n) is 5.00. The lowest BCUT2D eigenvalue weighted by molar-refractivity contribution is 0.116. The molecule has 3 heteroatoms. The molecule has 0 aliphatic rings. The maximum Gasteiger partial charge on any atom is 0.0654 e. The van der Waals surface area contributed by atoms with E-state index in [2.05, 4.69) is 0 Å². The smallest absolute Gasteiger partial charge is 0.0654 e. The van der Waals surface area contributed by atoms with Gasteiger partial charge in [0.2, 0.25) is 0 Å². The van der Waals surface area contributed by atoms with Crippen molar-refractivity contribution in [2.75, 3.05) is 0 Å². The number of alkyl halides is 1. The van der Waals surface area contributed by atoms with Crippen LogP contribution in [0.15, 0.2) is 0 Å². The third-order valence-corrected chi connectivity index (χ3v) is 3.00. The average molecular weight is 230 g/mol. The van der Waals surface area contributed by atoms with Crippen LogP contribution in [-0.4, -0.2) is 26.3 Å². The van der Waals surface area contributed by atoms with E-state index in [1.165, 1.54) is 0 Å². The van der Waals surface area contributed by atoms with Crippen molar-refractivity contribution < 1.29 is 10.2 Å². The molecule has 8 heavy (non-hydrogen) atoms. The lowest BCUT2D eigenvalue weighted by Crippen LogP contribution is -2.27. The van der Waals surface area contributed by atoms with Crippen molar-refractivity contribution in [1.82, 2.24) is 0 Å². The average Bonchev–Trinajstić information content (AvgIpc) is 1.64. The van der Waals surface area contributed by atoms with Crippen molar-refractivity contribution in [2.24, 2.45) is 0 Å². The zero-order valence-corrected chi connectivity index (χ0v) is 7.16. The predicted octanol–water partition coefficient (Wildman–Crippen LogP) is 0.552. The van der Waals surface area contributed by atoms with Gasteiger partial charge in [0.25, 0.3) is 0 Å². The van der Waals surface area contributed by atoms with Gasteiger partial charge in [-0.3, -0.25) is 0 Å². The Morgan fingerprint density at radius 2 is 1.38 bits per heavy atom. The van der Waals surface area contributed by atoms with Crippen LogP contribution in [0, 0.1) is 0 Å². The molecule has 0 radical (unpaired) electrons. The fourth-order valence-corrected chi connectivity index (χ4v) is 0.403. The van der Waals surface area contributed by atoms with Crippen LogP contribution in [0.5, 0.6) is 0 Å². The Hall–Kier alpha value is 0.650. The Balaban J connectivity index is 3.46.